The topological polar surface area (TPSA) is 97.4 Å². The van der Waals surface area contributed by atoms with E-state index < -0.39 is 65.5 Å². The van der Waals surface area contributed by atoms with Gasteiger partial charge >= 0.3 is 21.6 Å². The largest absolute Gasteiger partial charge is 0.523 e. The number of carbonyl (C=O) groups is 1. The Morgan fingerprint density at radius 1 is 1.00 bits per heavy atom. The van der Waals surface area contributed by atoms with Gasteiger partial charge in [-0.2, -0.15) is 21.6 Å². The van der Waals surface area contributed by atoms with Crippen LogP contribution in [0, 0.1) is 0 Å². The molecule has 0 saturated carbocycles. The molecule has 0 aliphatic carbocycles. The molecule has 4 atom stereocenters. The van der Waals surface area contributed by atoms with E-state index in [2.05, 4.69) is 4.18 Å². The highest BCUT2D eigenvalue weighted by atomic mass is 32.2. The molecule has 0 spiro atoms. The van der Waals surface area contributed by atoms with Crippen LogP contribution in [0.4, 0.5) is 13.2 Å². The van der Waals surface area contributed by atoms with Crippen molar-refractivity contribution in [3.63, 3.8) is 0 Å². The highest BCUT2D eigenvalue weighted by Gasteiger charge is 2.67. The maximum atomic E-state index is 13.1. The molecule has 2 fully saturated rings. The molecular formula is C26H31F3O8SSi. The Morgan fingerprint density at radius 3 is 2.00 bits per heavy atom. The van der Waals surface area contributed by atoms with Crippen LogP contribution >= 0.6 is 0 Å². The number of hydrogen-bond donors (Lipinski definition) is 0. The number of fused-ring (bicyclic) bond motifs is 2. The van der Waals surface area contributed by atoms with Crippen molar-refractivity contribution in [1.82, 2.24) is 0 Å². The van der Waals surface area contributed by atoms with Gasteiger partial charge in [-0.1, -0.05) is 81.4 Å². The van der Waals surface area contributed by atoms with Crippen LogP contribution in [-0.4, -0.2) is 65.5 Å². The van der Waals surface area contributed by atoms with E-state index in [0.717, 1.165) is 10.4 Å². The van der Waals surface area contributed by atoms with Crippen LogP contribution in [0.1, 0.15) is 34.1 Å². The van der Waals surface area contributed by atoms with E-state index in [4.69, 9.17) is 18.6 Å². The number of carbonyl (C=O) groups excluding carboxylic acids is 1. The molecule has 2 aliphatic heterocycles. The Kier molecular flexibility index (Phi) is 8.07. The van der Waals surface area contributed by atoms with Gasteiger partial charge in [-0.15, -0.1) is 0 Å². The summed E-state index contributed by atoms with van der Waals surface area (Å²) in [4.78, 5) is 12.8. The number of ether oxygens (including phenoxy) is 3. The van der Waals surface area contributed by atoms with Gasteiger partial charge in [0.15, 0.2) is 0 Å². The summed E-state index contributed by atoms with van der Waals surface area (Å²) in [7, 11) is -9.06. The van der Waals surface area contributed by atoms with Crippen LogP contribution in [-0.2, 0) is 37.7 Å². The fourth-order valence-corrected chi connectivity index (χ4v) is 10.4. The zero-order valence-electron chi connectivity index (χ0n) is 21.9. The third-order valence-corrected chi connectivity index (χ3v) is 12.9. The highest BCUT2D eigenvalue weighted by molar-refractivity contribution is 7.87. The fraction of sp³-hybridized carbons (Fsp3) is 0.500. The number of rotatable bonds is 9. The van der Waals surface area contributed by atoms with Gasteiger partial charge in [-0.05, 0) is 22.3 Å². The summed E-state index contributed by atoms with van der Waals surface area (Å²) in [5.41, 5.74) is -5.65. The monoisotopic (exact) mass is 588 g/mol. The molecule has 8 nitrogen and oxygen atoms in total. The van der Waals surface area contributed by atoms with E-state index in [9.17, 15) is 26.4 Å². The molecule has 0 radical (unpaired) electrons. The van der Waals surface area contributed by atoms with Crippen molar-refractivity contribution in [2.24, 2.45) is 0 Å². The quantitative estimate of drug-likeness (QED) is 0.191. The molecule has 2 aromatic carbocycles. The van der Waals surface area contributed by atoms with Crippen LogP contribution in [0.5, 0.6) is 0 Å². The van der Waals surface area contributed by atoms with E-state index in [0.29, 0.717) is 0 Å². The van der Waals surface area contributed by atoms with Crippen molar-refractivity contribution < 1.29 is 49.2 Å². The summed E-state index contributed by atoms with van der Waals surface area (Å²) >= 11 is 0. The summed E-state index contributed by atoms with van der Waals surface area (Å²) < 4.78 is 91.0. The van der Waals surface area contributed by atoms with Gasteiger partial charge in [-0.25, -0.2) is 4.79 Å². The molecule has 2 aliphatic rings. The van der Waals surface area contributed by atoms with Gasteiger partial charge < -0.3 is 18.6 Å². The minimum Gasteiger partial charge on any atom is -0.462 e. The Bertz CT molecular complexity index is 1230. The minimum atomic E-state index is -5.96. The molecule has 0 aromatic heterocycles. The highest BCUT2D eigenvalue weighted by Crippen LogP contribution is 2.47. The number of hydrogen-bond acceptors (Lipinski definition) is 8. The van der Waals surface area contributed by atoms with E-state index >= 15 is 0 Å². The Morgan fingerprint density at radius 2 is 1.54 bits per heavy atom. The smallest absolute Gasteiger partial charge is 0.462 e. The van der Waals surface area contributed by atoms with Crippen molar-refractivity contribution in [3.05, 3.63) is 60.7 Å². The zero-order valence-corrected chi connectivity index (χ0v) is 23.8. The maximum Gasteiger partial charge on any atom is 0.523 e. The molecule has 13 heteroatoms. The third kappa shape index (κ3) is 5.40. The van der Waals surface area contributed by atoms with Crippen LogP contribution < -0.4 is 10.4 Å². The number of benzene rings is 2. The van der Waals surface area contributed by atoms with E-state index in [-0.39, 0.29) is 13.2 Å². The molecule has 4 rings (SSSR count). The van der Waals surface area contributed by atoms with Crippen molar-refractivity contribution in [1.29, 1.82) is 0 Å². The van der Waals surface area contributed by atoms with Gasteiger partial charge in [0, 0.05) is 6.42 Å². The second kappa shape index (κ2) is 10.6. The summed E-state index contributed by atoms with van der Waals surface area (Å²) in [5.74, 6) is -3.08. The lowest BCUT2D eigenvalue weighted by Crippen LogP contribution is -2.67. The zero-order chi connectivity index (χ0) is 28.7. The van der Waals surface area contributed by atoms with Gasteiger partial charge in [-0.3, -0.25) is 4.18 Å². The number of esters is 1. The fourth-order valence-electron chi connectivity index (χ4n) is 5.25. The molecule has 0 amide bonds. The minimum absolute atomic E-state index is 0.0480. The van der Waals surface area contributed by atoms with Crippen molar-refractivity contribution >= 4 is 34.8 Å². The van der Waals surface area contributed by atoms with E-state index in [1.807, 2.05) is 81.4 Å². The predicted molar refractivity (Wildman–Crippen MR) is 137 cm³/mol. The number of halogens is 3. The molecule has 2 bridgehead atoms. The Balaban J connectivity index is 1.71. The average molecular weight is 589 g/mol. The Labute approximate surface area is 226 Å². The van der Waals surface area contributed by atoms with Crippen LogP contribution in [0.25, 0.3) is 0 Å². The third-order valence-electron chi connectivity index (χ3n) is 6.87. The van der Waals surface area contributed by atoms with Crippen molar-refractivity contribution in [2.75, 3.05) is 13.2 Å². The van der Waals surface area contributed by atoms with Gasteiger partial charge in [0.05, 0.1) is 13.2 Å². The second-order valence-electron chi connectivity index (χ2n) is 10.4. The molecule has 39 heavy (non-hydrogen) atoms. The number of alkyl halides is 3. The van der Waals surface area contributed by atoms with Crippen LogP contribution in [0.3, 0.4) is 0 Å². The van der Waals surface area contributed by atoms with E-state index in [1.165, 1.54) is 0 Å². The first kappa shape index (κ1) is 29.7. The lowest BCUT2D eigenvalue weighted by atomic mass is 10.0. The van der Waals surface area contributed by atoms with Gasteiger partial charge in [0.25, 0.3) is 14.1 Å². The maximum absolute atomic E-state index is 13.1. The van der Waals surface area contributed by atoms with Gasteiger partial charge in [0.2, 0.25) is 0 Å². The molecule has 0 unspecified atom stereocenters. The Hall–Kier alpha value is -2.29. The van der Waals surface area contributed by atoms with Crippen LogP contribution in [0.15, 0.2) is 60.7 Å². The first-order valence-corrected chi connectivity index (χ1v) is 15.8. The van der Waals surface area contributed by atoms with E-state index in [1.54, 1.807) is 6.92 Å². The standard InChI is InChI=1S/C26H31F3O8SSi/c1-5-33-23(30)25-16-20(37-38(31,32)26(27,28)29)22(36-25)21(35-25)17-34-39(24(2,3)4,18-12-8-6-9-13-18)19-14-10-7-11-15-19/h6-15,20-22H,5,16-17H2,1-4H3/t20-,21+,22+,25+/m1/s1. The average Bonchev–Trinajstić information content (AvgIpc) is 3.41. The van der Waals surface area contributed by atoms with Crippen molar-refractivity contribution in [3.8, 4) is 0 Å². The molecule has 214 valence electrons. The summed E-state index contributed by atoms with van der Waals surface area (Å²) in [6.45, 7) is 7.41. The second-order valence-corrected chi connectivity index (χ2v) is 16.3. The first-order valence-electron chi connectivity index (χ1n) is 12.4. The van der Waals surface area contributed by atoms with Crippen molar-refractivity contribution in [2.45, 2.75) is 68.8 Å². The molecule has 2 saturated heterocycles. The summed E-state index contributed by atoms with van der Waals surface area (Å²) in [6, 6.07) is 19.2. The lowest BCUT2D eigenvalue weighted by Gasteiger charge is -2.44. The molecular weight excluding hydrogens is 557 g/mol. The lowest BCUT2D eigenvalue weighted by molar-refractivity contribution is -0.209. The predicted octanol–water partition coefficient (Wildman–Crippen LogP) is 3.24. The molecule has 2 heterocycles. The SMILES string of the molecule is CCOC(=O)[C@]12C[C@@H](OS(=O)(=O)C(F)(F)F)[C@H](O1)[C@H](CO[Si](c1ccccc1)(c1ccccc1)C(C)(C)C)O2. The summed E-state index contributed by atoms with van der Waals surface area (Å²) in [5, 5.41) is 1.46. The molecule has 0 N–H and O–H groups in total. The van der Waals surface area contributed by atoms with Crippen LogP contribution in [0.2, 0.25) is 5.04 Å². The molecule has 2 aromatic rings. The first-order chi connectivity index (χ1) is 18.2. The van der Waals surface area contributed by atoms with Gasteiger partial charge in [0.1, 0.15) is 18.3 Å². The normalized spacial score (nSPS) is 25.6. The summed E-state index contributed by atoms with van der Waals surface area (Å²) in [6.07, 6.45) is -4.66.